The van der Waals surface area contributed by atoms with Gasteiger partial charge in [-0.3, -0.25) is 9.59 Å². The lowest BCUT2D eigenvalue weighted by atomic mass is 10.1. The molecule has 0 aliphatic heterocycles. The molecule has 0 saturated carbocycles. The summed E-state index contributed by atoms with van der Waals surface area (Å²) in [6.07, 6.45) is -1.76. The van der Waals surface area contributed by atoms with Crippen molar-refractivity contribution in [2.45, 2.75) is 13.1 Å². The lowest BCUT2D eigenvalue weighted by Crippen LogP contribution is -2.26. The number of pyridine rings is 2. The average Bonchev–Trinajstić information content (AvgIpc) is 3.63. The minimum atomic E-state index is -4.69. The quantitative estimate of drug-likeness (QED) is 0.313. The fraction of sp³-hybridized carbons (Fsp3) is 0.167. The molecule has 0 aliphatic carbocycles. The summed E-state index contributed by atoms with van der Waals surface area (Å²) in [5.41, 5.74) is 0.128. The number of nitrogens with zero attached hydrogens (tertiary/aromatic N) is 7. The molecular weight excluding hydrogens is 555 g/mol. The van der Waals surface area contributed by atoms with Gasteiger partial charge in [-0.2, -0.15) is 23.4 Å². The number of nitrogens with one attached hydrogen (secondary N) is 2. The Hall–Kier alpha value is -4.92. The molecule has 12 nitrogen and oxygen atoms in total. The topological polar surface area (TPSA) is 133 Å². The van der Waals surface area contributed by atoms with Crippen LogP contribution in [-0.4, -0.2) is 53.0 Å². The molecule has 0 saturated heterocycles. The van der Waals surface area contributed by atoms with Crippen LogP contribution in [0.3, 0.4) is 0 Å². The number of ether oxygens (including phenoxy) is 1. The highest BCUT2D eigenvalue weighted by Gasteiger charge is 2.35. The fourth-order valence-corrected chi connectivity index (χ4v) is 4.12. The zero-order valence-electron chi connectivity index (χ0n) is 21.0. The van der Waals surface area contributed by atoms with Crippen LogP contribution in [0.5, 0.6) is 11.8 Å². The Bertz CT molecular complexity index is 1770. The van der Waals surface area contributed by atoms with Crippen molar-refractivity contribution in [3.05, 3.63) is 76.5 Å². The maximum atomic E-state index is 13.7. The molecule has 2 N–H and O–H groups in total. The first-order valence-electron chi connectivity index (χ1n) is 11.5. The number of hydrogen-bond donors (Lipinski definition) is 2. The highest BCUT2D eigenvalue weighted by atomic mass is 35.5. The lowest BCUT2D eigenvalue weighted by molar-refractivity contribution is -0.141. The van der Waals surface area contributed by atoms with Crippen molar-refractivity contribution in [2.75, 3.05) is 12.4 Å². The van der Waals surface area contributed by atoms with E-state index in [9.17, 15) is 22.8 Å². The Morgan fingerprint density at radius 3 is 2.52 bits per heavy atom. The van der Waals surface area contributed by atoms with E-state index in [-0.39, 0.29) is 39.7 Å². The van der Waals surface area contributed by atoms with E-state index >= 15 is 0 Å². The number of hydrogen-bond acceptors (Lipinski definition) is 7. The first kappa shape index (κ1) is 26.7. The van der Waals surface area contributed by atoms with Crippen molar-refractivity contribution in [3.63, 3.8) is 0 Å². The Labute approximate surface area is 228 Å². The van der Waals surface area contributed by atoms with Gasteiger partial charge in [0.15, 0.2) is 17.2 Å². The highest BCUT2D eigenvalue weighted by molar-refractivity contribution is 6.32. The SMILES string of the molecule is CNC(=O)c1c(NC(=O)c2cc(Oc3cc(C(F)(F)F)nn3C)nn2-c2ncccc2Cl)c(C)cc2ccnn12. The predicted molar refractivity (Wildman–Crippen MR) is 136 cm³/mol. The molecule has 2 amide bonds. The third kappa shape index (κ3) is 4.82. The van der Waals surface area contributed by atoms with Gasteiger partial charge in [0.2, 0.25) is 11.8 Å². The second-order valence-electron chi connectivity index (χ2n) is 8.43. The van der Waals surface area contributed by atoms with Gasteiger partial charge in [0.1, 0.15) is 5.69 Å². The summed E-state index contributed by atoms with van der Waals surface area (Å²) in [5, 5.41) is 17.2. The van der Waals surface area contributed by atoms with Crippen LogP contribution in [0.15, 0.2) is 48.8 Å². The van der Waals surface area contributed by atoms with Gasteiger partial charge in [-0.25, -0.2) is 18.9 Å². The molecule has 5 heterocycles. The van der Waals surface area contributed by atoms with Gasteiger partial charge in [-0.05, 0) is 36.8 Å². The van der Waals surface area contributed by atoms with E-state index in [4.69, 9.17) is 16.3 Å². The maximum absolute atomic E-state index is 13.7. The molecule has 0 aliphatic rings. The zero-order chi connectivity index (χ0) is 28.8. The summed E-state index contributed by atoms with van der Waals surface area (Å²) in [5.74, 6) is -1.72. The van der Waals surface area contributed by atoms with Gasteiger partial charge in [-0.15, -0.1) is 5.10 Å². The number of fused-ring (bicyclic) bond motifs is 1. The largest absolute Gasteiger partial charge is 0.435 e. The molecule has 40 heavy (non-hydrogen) atoms. The number of alkyl halides is 3. The van der Waals surface area contributed by atoms with Crippen LogP contribution < -0.4 is 15.4 Å². The van der Waals surface area contributed by atoms with E-state index < -0.39 is 23.7 Å². The standard InChI is InChI=1S/C24H19ClF3N9O3/c1-12-9-13-6-8-31-36(13)20(23(39)29-2)19(12)32-22(38)15-10-17(34-37(15)21-14(25)5-4-7-30-21)40-18-11-16(24(26,27)28)33-35(18)3/h4-11H,1-3H3,(H,29,39)(H,32,38). The summed E-state index contributed by atoms with van der Waals surface area (Å²) >= 11 is 6.31. The van der Waals surface area contributed by atoms with Crippen molar-refractivity contribution in [1.29, 1.82) is 0 Å². The number of carbonyl (C=O) groups excluding carboxylic acids is 2. The van der Waals surface area contributed by atoms with Crippen LogP contribution in [0.2, 0.25) is 5.02 Å². The third-order valence-corrected chi connectivity index (χ3v) is 6.05. The van der Waals surface area contributed by atoms with Gasteiger partial charge >= 0.3 is 6.18 Å². The molecule has 5 rings (SSSR count). The lowest BCUT2D eigenvalue weighted by Gasteiger charge is -2.15. The number of halogens is 4. The summed E-state index contributed by atoms with van der Waals surface area (Å²) in [6, 6.07) is 8.42. The van der Waals surface area contributed by atoms with Crippen LogP contribution in [0.1, 0.15) is 32.2 Å². The summed E-state index contributed by atoms with van der Waals surface area (Å²) < 4.78 is 48.3. The Morgan fingerprint density at radius 1 is 1.07 bits per heavy atom. The van der Waals surface area contributed by atoms with Crippen molar-refractivity contribution >= 4 is 34.6 Å². The molecular formula is C24H19ClF3N9O3. The number of amides is 2. The molecule has 5 aromatic heterocycles. The van der Waals surface area contributed by atoms with Gasteiger partial charge in [0.05, 0.1) is 22.4 Å². The monoisotopic (exact) mass is 573 g/mol. The first-order chi connectivity index (χ1) is 19.0. The Kier molecular flexibility index (Phi) is 6.67. The van der Waals surface area contributed by atoms with Gasteiger partial charge in [0.25, 0.3) is 11.8 Å². The van der Waals surface area contributed by atoms with E-state index in [0.29, 0.717) is 17.1 Å². The normalized spacial score (nSPS) is 11.6. The molecule has 0 aromatic carbocycles. The molecule has 0 unspecified atom stereocenters. The maximum Gasteiger partial charge on any atom is 0.435 e. The van der Waals surface area contributed by atoms with E-state index in [1.165, 1.54) is 43.1 Å². The molecule has 0 fully saturated rings. The number of carbonyl (C=O) groups is 2. The van der Waals surface area contributed by atoms with Crippen molar-refractivity contribution in [2.24, 2.45) is 7.05 Å². The Morgan fingerprint density at radius 2 is 1.85 bits per heavy atom. The third-order valence-electron chi connectivity index (χ3n) is 5.76. The van der Waals surface area contributed by atoms with Crippen LogP contribution in [0.4, 0.5) is 18.9 Å². The van der Waals surface area contributed by atoms with Gasteiger partial charge < -0.3 is 15.4 Å². The predicted octanol–water partition coefficient (Wildman–Crippen LogP) is 4.03. The number of aryl methyl sites for hydroxylation is 2. The van der Waals surface area contributed by atoms with E-state index in [1.54, 1.807) is 25.1 Å². The summed E-state index contributed by atoms with van der Waals surface area (Å²) in [6.45, 7) is 1.71. The number of anilines is 1. The first-order valence-corrected chi connectivity index (χ1v) is 11.9. The van der Waals surface area contributed by atoms with Crippen LogP contribution in [0, 0.1) is 6.92 Å². The second kappa shape index (κ2) is 10.00. The van der Waals surface area contributed by atoms with Crippen molar-refractivity contribution in [1.82, 2.24) is 39.5 Å². The smallest absolute Gasteiger partial charge is 0.419 e. The number of rotatable bonds is 6. The van der Waals surface area contributed by atoms with E-state index in [0.717, 1.165) is 9.36 Å². The summed E-state index contributed by atoms with van der Waals surface area (Å²) in [7, 11) is 2.70. The minimum absolute atomic E-state index is 0.0518. The van der Waals surface area contributed by atoms with Crippen LogP contribution in [-0.2, 0) is 13.2 Å². The highest BCUT2D eigenvalue weighted by Crippen LogP contribution is 2.33. The van der Waals surface area contributed by atoms with Crippen LogP contribution >= 0.6 is 11.6 Å². The molecule has 0 atom stereocenters. The molecule has 206 valence electrons. The molecule has 0 spiro atoms. The van der Waals surface area contributed by atoms with Gasteiger partial charge in [-0.1, -0.05) is 11.6 Å². The van der Waals surface area contributed by atoms with Crippen molar-refractivity contribution < 1.29 is 27.5 Å². The molecule has 16 heteroatoms. The van der Waals surface area contributed by atoms with Crippen molar-refractivity contribution in [3.8, 4) is 17.6 Å². The average molecular weight is 574 g/mol. The minimum Gasteiger partial charge on any atom is -0.419 e. The molecule has 0 radical (unpaired) electrons. The second-order valence-corrected chi connectivity index (χ2v) is 8.84. The zero-order valence-corrected chi connectivity index (χ0v) is 21.7. The molecule has 0 bridgehead atoms. The fourth-order valence-electron chi connectivity index (χ4n) is 3.92. The van der Waals surface area contributed by atoms with E-state index in [2.05, 4.69) is 30.9 Å². The Balaban J connectivity index is 1.59. The summed E-state index contributed by atoms with van der Waals surface area (Å²) in [4.78, 5) is 30.6. The van der Waals surface area contributed by atoms with E-state index in [1.807, 2.05) is 0 Å². The van der Waals surface area contributed by atoms with Gasteiger partial charge in [0, 0.05) is 32.4 Å². The number of aromatic nitrogens is 7. The van der Waals surface area contributed by atoms with Crippen LogP contribution in [0.25, 0.3) is 11.3 Å². The molecule has 5 aromatic rings.